The quantitative estimate of drug-likeness (QED) is 0.362. The minimum absolute atomic E-state index is 0.987. The normalized spacial score (nSPS) is 18.4. The number of nitrogens with zero attached hydrogens (tertiary/aromatic N) is 4. The molecule has 4 aromatic rings. The lowest BCUT2D eigenvalue weighted by Crippen LogP contribution is -2.31. The molecule has 0 unspecified atom stereocenters. The van der Waals surface area contributed by atoms with Gasteiger partial charge in [-0.25, -0.2) is 0 Å². The van der Waals surface area contributed by atoms with Crippen molar-refractivity contribution in [2.45, 2.75) is 58.3 Å². The van der Waals surface area contributed by atoms with Gasteiger partial charge in [-0.1, -0.05) is 49.2 Å². The number of rotatable bonds is 6. The highest BCUT2D eigenvalue weighted by Gasteiger charge is 2.17. The predicted molar refractivity (Wildman–Crippen MR) is 138 cm³/mol. The molecule has 2 aliphatic rings. The van der Waals surface area contributed by atoms with Crippen LogP contribution in [-0.2, 0) is 19.8 Å². The molecule has 0 aliphatic carbocycles. The van der Waals surface area contributed by atoms with Crippen LogP contribution in [0.4, 0.5) is 0 Å². The molecule has 0 radical (unpaired) electrons. The molecule has 2 aromatic carbocycles. The van der Waals surface area contributed by atoms with Crippen molar-refractivity contribution in [3.05, 3.63) is 72.1 Å². The highest BCUT2D eigenvalue weighted by molar-refractivity contribution is 5.87. The summed E-state index contributed by atoms with van der Waals surface area (Å²) in [5.41, 5.74) is 5.64. The van der Waals surface area contributed by atoms with Gasteiger partial charge in [0.05, 0.1) is 13.3 Å². The zero-order valence-electron chi connectivity index (χ0n) is 19.8. The minimum atomic E-state index is 0.987. The fourth-order valence-corrected chi connectivity index (χ4v) is 6.00. The van der Waals surface area contributed by atoms with Crippen LogP contribution in [-0.4, -0.2) is 45.1 Å². The fraction of sp³-hybridized carbons (Fsp3) is 0.448. The predicted octanol–water partition coefficient (Wildman–Crippen LogP) is 6.07. The Morgan fingerprint density at radius 1 is 0.515 bits per heavy atom. The standard InChI is InChI=1S/C29H36N4/c1-7-15-30(16-8-1)22-32-20-24(26-11-3-5-13-28(26)32)19-25-21-33(23-31-17-9-2-10-18-31)29-14-6-4-12-27(25)29/h3-6,11-14,20-21H,1-2,7-10,15-19,22-23H2. The third-order valence-corrected chi connectivity index (χ3v) is 7.73. The van der Waals surface area contributed by atoms with Crippen molar-refractivity contribution in [3.63, 3.8) is 0 Å². The van der Waals surface area contributed by atoms with Crippen LogP contribution in [0.3, 0.4) is 0 Å². The molecule has 2 aliphatic heterocycles. The van der Waals surface area contributed by atoms with Crippen LogP contribution in [0.25, 0.3) is 21.8 Å². The Balaban J connectivity index is 1.32. The minimum Gasteiger partial charge on any atom is -0.334 e. The SMILES string of the molecule is c1ccc2c(c1)c(Cc1cn(CN3CCCCC3)c3ccccc13)cn2CN1CCCCC1. The number of likely N-dealkylation sites (tertiary alicyclic amines) is 2. The van der Waals surface area contributed by atoms with Crippen molar-refractivity contribution in [2.75, 3.05) is 26.2 Å². The van der Waals surface area contributed by atoms with Gasteiger partial charge in [0.15, 0.2) is 0 Å². The second-order valence-electron chi connectivity index (χ2n) is 10.1. The summed E-state index contributed by atoms with van der Waals surface area (Å²) in [7, 11) is 0. The van der Waals surface area contributed by atoms with Gasteiger partial charge in [-0.2, -0.15) is 0 Å². The summed E-state index contributed by atoms with van der Waals surface area (Å²) in [5, 5.41) is 2.81. The van der Waals surface area contributed by atoms with E-state index in [9.17, 15) is 0 Å². The second-order valence-corrected chi connectivity index (χ2v) is 10.1. The summed E-state index contributed by atoms with van der Waals surface area (Å²) in [4.78, 5) is 5.23. The maximum absolute atomic E-state index is 2.62. The van der Waals surface area contributed by atoms with Gasteiger partial charge in [-0.15, -0.1) is 0 Å². The molecule has 0 saturated carbocycles. The zero-order valence-corrected chi connectivity index (χ0v) is 19.8. The third-order valence-electron chi connectivity index (χ3n) is 7.73. The van der Waals surface area contributed by atoms with E-state index in [2.05, 4.69) is 79.9 Å². The molecule has 2 fully saturated rings. The molecule has 0 atom stereocenters. The fourth-order valence-electron chi connectivity index (χ4n) is 6.00. The molecule has 6 rings (SSSR count). The molecule has 0 bridgehead atoms. The van der Waals surface area contributed by atoms with Crippen LogP contribution in [0.15, 0.2) is 60.9 Å². The highest BCUT2D eigenvalue weighted by atomic mass is 15.3. The number of para-hydroxylation sites is 2. The van der Waals surface area contributed by atoms with Crippen LogP contribution >= 0.6 is 0 Å². The lowest BCUT2D eigenvalue weighted by atomic mass is 10.0. The lowest BCUT2D eigenvalue weighted by Gasteiger charge is -2.27. The molecule has 0 amide bonds. The first kappa shape index (κ1) is 21.0. The number of piperidine rings is 2. The summed E-state index contributed by atoms with van der Waals surface area (Å²) in [5.74, 6) is 0. The van der Waals surface area contributed by atoms with Gasteiger partial charge in [0, 0.05) is 40.6 Å². The van der Waals surface area contributed by atoms with Crippen LogP contribution in [0, 0.1) is 0 Å². The average Bonchev–Trinajstić information content (AvgIpc) is 3.39. The van der Waals surface area contributed by atoms with E-state index < -0.39 is 0 Å². The summed E-state index contributed by atoms with van der Waals surface area (Å²) in [6.45, 7) is 6.93. The van der Waals surface area contributed by atoms with Crippen LogP contribution in [0.2, 0.25) is 0 Å². The molecule has 33 heavy (non-hydrogen) atoms. The first-order chi connectivity index (χ1) is 16.3. The summed E-state index contributed by atoms with van der Waals surface area (Å²) in [6, 6.07) is 18.0. The van der Waals surface area contributed by atoms with E-state index >= 15 is 0 Å². The molecule has 2 aromatic heterocycles. The topological polar surface area (TPSA) is 16.3 Å². The van der Waals surface area contributed by atoms with Gasteiger partial charge >= 0.3 is 0 Å². The number of benzene rings is 2. The van der Waals surface area contributed by atoms with Crippen molar-refractivity contribution in [3.8, 4) is 0 Å². The average molecular weight is 441 g/mol. The molecular weight excluding hydrogens is 404 g/mol. The molecule has 2 saturated heterocycles. The second kappa shape index (κ2) is 9.36. The van der Waals surface area contributed by atoms with E-state index in [1.807, 2.05) is 0 Å². The van der Waals surface area contributed by atoms with Gasteiger partial charge in [-0.05, 0) is 75.1 Å². The van der Waals surface area contributed by atoms with Gasteiger partial charge in [0.1, 0.15) is 0 Å². The van der Waals surface area contributed by atoms with E-state index in [4.69, 9.17) is 0 Å². The molecule has 0 N–H and O–H groups in total. The highest BCUT2D eigenvalue weighted by Crippen LogP contribution is 2.29. The van der Waals surface area contributed by atoms with Gasteiger partial charge in [0.2, 0.25) is 0 Å². The number of aromatic nitrogens is 2. The maximum Gasteiger partial charge on any atom is 0.0751 e. The Kier molecular flexibility index (Phi) is 5.96. The largest absolute Gasteiger partial charge is 0.334 e. The third kappa shape index (κ3) is 4.34. The molecular formula is C29H36N4. The summed E-state index contributed by atoms with van der Waals surface area (Å²) >= 11 is 0. The molecule has 172 valence electrons. The number of hydrogen-bond acceptors (Lipinski definition) is 2. The van der Waals surface area contributed by atoms with Gasteiger partial charge < -0.3 is 9.13 Å². The molecule has 4 heterocycles. The summed E-state index contributed by atoms with van der Waals surface area (Å²) in [6.07, 6.45) is 14.0. The maximum atomic E-state index is 2.62. The van der Waals surface area contributed by atoms with Crippen molar-refractivity contribution in [1.82, 2.24) is 18.9 Å². The van der Waals surface area contributed by atoms with Crippen molar-refractivity contribution < 1.29 is 0 Å². The van der Waals surface area contributed by atoms with Gasteiger partial charge in [0.25, 0.3) is 0 Å². The van der Waals surface area contributed by atoms with Crippen LogP contribution in [0.5, 0.6) is 0 Å². The van der Waals surface area contributed by atoms with E-state index in [1.165, 1.54) is 97.6 Å². The molecule has 4 heteroatoms. The zero-order chi connectivity index (χ0) is 22.0. The first-order valence-electron chi connectivity index (χ1n) is 12.9. The van der Waals surface area contributed by atoms with Crippen LogP contribution in [0.1, 0.15) is 49.7 Å². The van der Waals surface area contributed by atoms with Crippen LogP contribution < -0.4 is 0 Å². The molecule has 4 nitrogen and oxygen atoms in total. The summed E-state index contributed by atoms with van der Waals surface area (Å²) < 4.78 is 4.98. The molecule has 0 spiro atoms. The Morgan fingerprint density at radius 3 is 1.39 bits per heavy atom. The van der Waals surface area contributed by atoms with E-state index in [0.29, 0.717) is 0 Å². The Hall–Kier alpha value is -2.56. The van der Waals surface area contributed by atoms with Crippen molar-refractivity contribution >= 4 is 21.8 Å². The van der Waals surface area contributed by atoms with Crippen molar-refractivity contribution in [2.24, 2.45) is 0 Å². The van der Waals surface area contributed by atoms with Gasteiger partial charge in [-0.3, -0.25) is 9.80 Å². The van der Waals surface area contributed by atoms with E-state index in [0.717, 1.165) is 19.8 Å². The van der Waals surface area contributed by atoms with E-state index in [1.54, 1.807) is 0 Å². The first-order valence-corrected chi connectivity index (χ1v) is 12.9. The Morgan fingerprint density at radius 2 is 0.939 bits per heavy atom. The van der Waals surface area contributed by atoms with Crippen molar-refractivity contribution in [1.29, 1.82) is 0 Å². The smallest absolute Gasteiger partial charge is 0.0751 e. The number of hydrogen-bond donors (Lipinski definition) is 0. The Bertz CT molecular complexity index is 1130. The Labute approximate surface area is 197 Å². The monoisotopic (exact) mass is 440 g/mol. The number of fused-ring (bicyclic) bond motifs is 2. The lowest BCUT2D eigenvalue weighted by molar-refractivity contribution is 0.185. The van der Waals surface area contributed by atoms with E-state index in [-0.39, 0.29) is 0 Å².